The second-order valence-corrected chi connectivity index (χ2v) is 6.55. The Morgan fingerprint density at radius 3 is 1.78 bits per heavy atom. The van der Waals surface area contributed by atoms with Gasteiger partial charge in [-0.05, 0) is 49.6 Å². The monoisotopic (exact) mass is 352 g/mol. The number of nitrogens with zero attached hydrogens (tertiary/aromatic N) is 2. The van der Waals surface area contributed by atoms with Crippen molar-refractivity contribution in [2.24, 2.45) is 0 Å². The Labute approximate surface area is 161 Å². The lowest BCUT2D eigenvalue weighted by Gasteiger charge is -2.03. The molecule has 2 aromatic carbocycles. The van der Waals surface area contributed by atoms with Crippen LogP contribution in [-0.2, 0) is 0 Å². The first-order valence-corrected chi connectivity index (χ1v) is 9.11. The van der Waals surface area contributed by atoms with Crippen molar-refractivity contribution in [1.29, 1.82) is 0 Å². The predicted octanol–water partition coefficient (Wildman–Crippen LogP) is 6.42. The topological polar surface area (TPSA) is 25.8 Å². The van der Waals surface area contributed by atoms with E-state index >= 15 is 0 Å². The van der Waals surface area contributed by atoms with Crippen molar-refractivity contribution in [2.45, 2.75) is 20.8 Å². The van der Waals surface area contributed by atoms with Crippen molar-refractivity contribution >= 4 is 0 Å². The number of hydrogen-bond acceptors (Lipinski definition) is 2. The molecule has 2 heterocycles. The Kier molecular flexibility index (Phi) is 6.11. The molecule has 0 amide bonds. The van der Waals surface area contributed by atoms with Crippen LogP contribution < -0.4 is 0 Å². The Balaban J connectivity index is 0.000000156. The summed E-state index contributed by atoms with van der Waals surface area (Å²) in [6.07, 6.45) is 3.76. The van der Waals surface area contributed by atoms with Gasteiger partial charge in [-0.25, -0.2) is 0 Å². The van der Waals surface area contributed by atoms with Crippen molar-refractivity contribution < 1.29 is 0 Å². The van der Waals surface area contributed by atoms with Gasteiger partial charge in [0.05, 0.1) is 11.4 Å². The molecule has 0 unspecified atom stereocenters. The summed E-state index contributed by atoms with van der Waals surface area (Å²) >= 11 is 0. The van der Waals surface area contributed by atoms with Gasteiger partial charge in [-0.1, -0.05) is 66.7 Å². The molecule has 0 spiro atoms. The Morgan fingerprint density at radius 1 is 0.556 bits per heavy atom. The molecular weight excluding hydrogens is 328 g/mol. The molecule has 0 saturated carbocycles. The van der Waals surface area contributed by atoms with E-state index in [4.69, 9.17) is 0 Å². The standard InChI is InChI=1S/C13H13N.C12H11N/c1-10-8-13(14-9-11(10)2)12-6-4-3-5-7-12;1-10-6-5-9-13-12(10)11-7-3-2-4-8-11/h3-9H,1-2H3;2-9H,1H3. The molecule has 0 bridgehead atoms. The van der Waals surface area contributed by atoms with Gasteiger partial charge in [-0.2, -0.15) is 0 Å². The van der Waals surface area contributed by atoms with Crippen LogP contribution in [0.3, 0.4) is 0 Å². The van der Waals surface area contributed by atoms with E-state index in [-0.39, 0.29) is 0 Å². The quantitative estimate of drug-likeness (QED) is 0.416. The van der Waals surface area contributed by atoms with Crippen molar-refractivity contribution in [2.75, 3.05) is 0 Å². The predicted molar refractivity (Wildman–Crippen MR) is 114 cm³/mol. The molecule has 2 nitrogen and oxygen atoms in total. The summed E-state index contributed by atoms with van der Waals surface area (Å²) in [6, 6.07) is 26.7. The van der Waals surface area contributed by atoms with Crippen LogP contribution >= 0.6 is 0 Å². The Hall–Kier alpha value is -3.26. The normalized spacial score (nSPS) is 10.0. The third-order valence-electron chi connectivity index (χ3n) is 4.50. The number of hydrogen-bond donors (Lipinski definition) is 0. The minimum atomic E-state index is 1.05. The lowest BCUT2D eigenvalue weighted by Crippen LogP contribution is -1.87. The van der Waals surface area contributed by atoms with Gasteiger partial charge in [-0.15, -0.1) is 0 Å². The van der Waals surface area contributed by atoms with E-state index in [9.17, 15) is 0 Å². The van der Waals surface area contributed by atoms with Crippen LogP contribution in [0.5, 0.6) is 0 Å². The molecular formula is C25H24N2. The molecule has 0 N–H and O–H groups in total. The molecule has 0 radical (unpaired) electrons. The molecule has 2 aromatic heterocycles. The molecule has 0 aliphatic carbocycles. The summed E-state index contributed by atoms with van der Waals surface area (Å²) in [5.41, 5.74) is 8.23. The average Bonchev–Trinajstić information content (AvgIpc) is 2.72. The molecule has 27 heavy (non-hydrogen) atoms. The van der Waals surface area contributed by atoms with Crippen molar-refractivity contribution in [1.82, 2.24) is 9.97 Å². The van der Waals surface area contributed by atoms with Crippen LogP contribution in [0.25, 0.3) is 22.5 Å². The summed E-state index contributed by atoms with van der Waals surface area (Å²) < 4.78 is 0. The fourth-order valence-electron chi connectivity index (χ4n) is 2.78. The molecule has 4 aromatic rings. The maximum Gasteiger partial charge on any atom is 0.0731 e. The second-order valence-electron chi connectivity index (χ2n) is 6.55. The fourth-order valence-corrected chi connectivity index (χ4v) is 2.78. The number of pyridine rings is 2. The van der Waals surface area contributed by atoms with Gasteiger partial charge in [0.15, 0.2) is 0 Å². The molecule has 134 valence electrons. The molecule has 2 heteroatoms. The molecule has 0 aliphatic rings. The summed E-state index contributed by atoms with van der Waals surface area (Å²) in [7, 11) is 0. The molecule has 0 saturated heterocycles. The Bertz CT molecular complexity index is 993. The first-order valence-electron chi connectivity index (χ1n) is 9.11. The highest BCUT2D eigenvalue weighted by molar-refractivity contribution is 5.62. The van der Waals surface area contributed by atoms with E-state index in [1.165, 1.54) is 27.8 Å². The van der Waals surface area contributed by atoms with Gasteiger partial charge in [0.2, 0.25) is 0 Å². The summed E-state index contributed by atoms with van der Waals surface area (Å²) in [5.74, 6) is 0. The van der Waals surface area contributed by atoms with Crippen LogP contribution in [0.15, 0.2) is 91.3 Å². The Morgan fingerprint density at radius 2 is 1.19 bits per heavy atom. The first-order chi connectivity index (χ1) is 13.1. The van der Waals surface area contributed by atoms with Crippen LogP contribution in [0.4, 0.5) is 0 Å². The summed E-state index contributed by atoms with van der Waals surface area (Å²) in [4.78, 5) is 8.76. The van der Waals surface area contributed by atoms with Gasteiger partial charge in [0.25, 0.3) is 0 Å². The van der Waals surface area contributed by atoms with Gasteiger partial charge in [0, 0.05) is 23.5 Å². The van der Waals surface area contributed by atoms with Crippen LogP contribution in [0.2, 0.25) is 0 Å². The van der Waals surface area contributed by atoms with Crippen LogP contribution in [-0.4, -0.2) is 9.97 Å². The van der Waals surface area contributed by atoms with Crippen LogP contribution in [0.1, 0.15) is 16.7 Å². The van der Waals surface area contributed by atoms with Crippen molar-refractivity contribution in [3.63, 3.8) is 0 Å². The van der Waals surface area contributed by atoms with Gasteiger partial charge < -0.3 is 0 Å². The largest absolute Gasteiger partial charge is 0.256 e. The van der Waals surface area contributed by atoms with Gasteiger partial charge >= 0.3 is 0 Å². The number of aryl methyl sites for hydroxylation is 3. The molecule has 0 fully saturated rings. The maximum absolute atomic E-state index is 4.41. The zero-order valence-electron chi connectivity index (χ0n) is 16.1. The zero-order valence-corrected chi connectivity index (χ0v) is 16.1. The van der Waals surface area contributed by atoms with E-state index < -0.39 is 0 Å². The second kappa shape index (κ2) is 8.91. The average molecular weight is 352 g/mol. The number of rotatable bonds is 2. The van der Waals surface area contributed by atoms with E-state index in [1.54, 1.807) is 0 Å². The molecule has 0 aliphatic heterocycles. The number of benzene rings is 2. The molecule has 4 rings (SSSR count). The minimum Gasteiger partial charge on any atom is -0.256 e. The number of aromatic nitrogens is 2. The van der Waals surface area contributed by atoms with Crippen molar-refractivity contribution in [3.05, 3.63) is 108 Å². The third kappa shape index (κ3) is 4.89. The van der Waals surface area contributed by atoms with E-state index in [0.29, 0.717) is 0 Å². The van der Waals surface area contributed by atoms with Gasteiger partial charge in [0.1, 0.15) is 0 Å². The fraction of sp³-hybridized carbons (Fsp3) is 0.120. The van der Waals surface area contributed by atoms with E-state index in [0.717, 1.165) is 11.4 Å². The lowest BCUT2D eigenvalue weighted by atomic mass is 10.1. The first kappa shape index (κ1) is 18.5. The highest BCUT2D eigenvalue weighted by atomic mass is 14.7. The highest BCUT2D eigenvalue weighted by Gasteiger charge is 2.00. The maximum atomic E-state index is 4.41. The smallest absolute Gasteiger partial charge is 0.0731 e. The van der Waals surface area contributed by atoms with Crippen molar-refractivity contribution in [3.8, 4) is 22.5 Å². The lowest BCUT2D eigenvalue weighted by molar-refractivity contribution is 1.22. The van der Waals surface area contributed by atoms with Gasteiger partial charge in [-0.3, -0.25) is 9.97 Å². The summed E-state index contributed by atoms with van der Waals surface area (Å²) in [5, 5.41) is 0. The summed E-state index contributed by atoms with van der Waals surface area (Å²) in [6.45, 7) is 6.27. The van der Waals surface area contributed by atoms with Crippen LogP contribution in [0, 0.1) is 20.8 Å². The highest BCUT2D eigenvalue weighted by Crippen LogP contribution is 2.19. The van der Waals surface area contributed by atoms with E-state index in [2.05, 4.69) is 67.1 Å². The minimum absolute atomic E-state index is 1.05. The van der Waals surface area contributed by atoms with E-state index in [1.807, 2.05) is 54.9 Å². The molecule has 0 atom stereocenters. The third-order valence-corrected chi connectivity index (χ3v) is 4.50. The SMILES string of the molecule is Cc1cccnc1-c1ccccc1.Cc1cnc(-c2ccccc2)cc1C. The zero-order chi connectivity index (χ0) is 19.1.